The highest BCUT2D eigenvalue weighted by atomic mass is 32.1. The lowest BCUT2D eigenvalue weighted by Gasteiger charge is -2.12. The van der Waals surface area contributed by atoms with Crippen molar-refractivity contribution in [2.45, 2.75) is 19.4 Å². The number of benzene rings is 3. The summed E-state index contributed by atoms with van der Waals surface area (Å²) in [5.74, 6) is 1.83. The van der Waals surface area contributed by atoms with Crippen LogP contribution in [-0.4, -0.2) is 15.8 Å². The van der Waals surface area contributed by atoms with E-state index in [9.17, 15) is 4.79 Å². The summed E-state index contributed by atoms with van der Waals surface area (Å²) in [4.78, 5) is 24.6. The Hall–Kier alpha value is -4.54. The molecule has 5 aromatic rings. The Morgan fingerprint density at radius 2 is 1.72 bits per heavy atom. The number of hydrogen-bond donors (Lipinski definition) is 0. The normalized spacial score (nSPS) is 10.6. The van der Waals surface area contributed by atoms with Crippen molar-refractivity contribution < 1.29 is 14.3 Å². The minimum atomic E-state index is 0.121. The number of carbonyl (C=O) groups is 1. The molecule has 0 spiro atoms. The van der Waals surface area contributed by atoms with Crippen LogP contribution in [0.5, 0.6) is 17.2 Å². The lowest BCUT2D eigenvalue weighted by molar-refractivity contribution is -0.117. The predicted molar refractivity (Wildman–Crippen MR) is 140 cm³/mol. The van der Waals surface area contributed by atoms with E-state index in [1.54, 1.807) is 30.6 Å². The van der Waals surface area contributed by atoms with Crippen LogP contribution in [0.4, 0.5) is 5.69 Å². The molecule has 6 nitrogen and oxygen atoms in total. The lowest BCUT2D eigenvalue weighted by atomic mass is 10.1. The zero-order valence-electron chi connectivity index (χ0n) is 19.3. The fourth-order valence-corrected chi connectivity index (χ4v) is 4.41. The fraction of sp³-hybridized carbons (Fsp3) is 0.103. The number of ether oxygens (including phenoxy) is 2. The fourth-order valence-electron chi connectivity index (χ4n) is 3.77. The van der Waals surface area contributed by atoms with Crippen LogP contribution < -0.4 is 9.47 Å². The van der Waals surface area contributed by atoms with Crippen molar-refractivity contribution >= 4 is 33.7 Å². The second kappa shape index (κ2) is 10.8. The van der Waals surface area contributed by atoms with Crippen LogP contribution in [0.3, 0.4) is 0 Å². The first-order chi connectivity index (χ1) is 17.7. The summed E-state index contributed by atoms with van der Waals surface area (Å²) < 4.78 is 12.1. The number of aromatic nitrogens is 2. The molecule has 0 radical (unpaired) electrons. The molecule has 0 unspecified atom stereocenters. The standard InChI is InChI=1S/C29H21N3O3S/c1-30-26-17-24-25(18-28(26)34-19-21-5-3-2-4-6-21)31-12-11-27(24)35-23-9-7-20(8-10-23)15-22(33)16-29-32-13-14-36-29/h2-14,17-18H,15-16,19H2. The molecule has 0 amide bonds. The second-order valence-electron chi connectivity index (χ2n) is 8.10. The Balaban J connectivity index is 1.31. The number of fused-ring (bicyclic) bond motifs is 1. The Bertz CT molecular complexity index is 1530. The van der Waals surface area contributed by atoms with Crippen LogP contribution in [0.25, 0.3) is 15.7 Å². The van der Waals surface area contributed by atoms with Crippen LogP contribution in [-0.2, 0) is 24.2 Å². The van der Waals surface area contributed by atoms with Crippen molar-refractivity contribution in [3.05, 3.63) is 118 Å². The topological polar surface area (TPSA) is 65.7 Å². The van der Waals surface area contributed by atoms with Crippen LogP contribution in [0.15, 0.2) is 90.6 Å². The molecule has 0 aliphatic heterocycles. The highest BCUT2D eigenvalue weighted by molar-refractivity contribution is 7.09. The molecular weight excluding hydrogens is 470 g/mol. The highest BCUT2D eigenvalue weighted by Gasteiger charge is 2.13. The Morgan fingerprint density at radius 1 is 0.889 bits per heavy atom. The van der Waals surface area contributed by atoms with Gasteiger partial charge in [-0.15, -0.1) is 11.3 Å². The summed E-state index contributed by atoms with van der Waals surface area (Å²) in [7, 11) is 0. The molecule has 5 rings (SSSR count). The summed E-state index contributed by atoms with van der Waals surface area (Å²) in [6.07, 6.45) is 4.07. The predicted octanol–water partition coefficient (Wildman–Crippen LogP) is 6.97. The molecule has 0 bridgehead atoms. The largest absolute Gasteiger partial charge is 0.500 e. The second-order valence-corrected chi connectivity index (χ2v) is 9.08. The van der Waals surface area contributed by atoms with Crippen LogP contribution in [0.1, 0.15) is 16.1 Å². The zero-order valence-corrected chi connectivity index (χ0v) is 20.1. The number of carbonyl (C=O) groups excluding carboxylic acids is 1. The lowest BCUT2D eigenvalue weighted by Crippen LogP contribution is -2.06. The van der Waals surface area contributed by atoms with Gasteiger partial charge in [0.05, 0.1) is 23.5 Å². The molecule has 0 aliphatic carbocycles. The number of thiazole rings is 1. The average molecular weight is 492 g/mol. The third-order valence-corrected chi connectivity index (χ3v) is 6.30. The first kappa shape index (κ1) is 23.2. The van der Waals surface area contributed by atoms with E-state index in [-0.39, 0.29) is 5.78 Å². The first-order valence-corrected chi connectivity index (χ1v) is 12.2. The number of Topliss-reactive ketones (excluding diaryl/α,β-unsaturated/α-hetero) is 1. The van der Waals surface area contributed by atoms with Gasteiger partial charge in [-0.2, -0.15) is 0 Å². The zero-order chi connectivity index (χ0) is 24.7. The van der Waals surface area contributed by atoms with Crippen molar-refractivity contribution in [2.75, 3.05) is 0 Å². The van der Waals surface area contributed by atoms with Crippen molar-refractivity contribution in [1.82, 2.24) is 9.97 Å². The molecule has 0 aliphatic rings. The third kappa shape index (κ3) is 5.57. The smallest absolute Gasteiger partial charge is 0.229 e. The van der Waals surface area contributed by atoms with Gasteiger partial charge in [-0.25, -0.2) is 9.83 Å². The molecular formula is C29H21N3O3S. The van der Waals surface area contributed by atoms with Gasteiger partial charge in [-0.3, -0.25) is 9.78 Å². The third-order valence-electron chi connectivity index (χ3n) is 5.52. The minimum absolute atomic E-state index is 0.121. The Kier molecular flexibility index (Phi) is 6.97. The molecule has 36 heavy (non-hydrogen) atoms. The van der Waals surface area contributed by atoms with Gasteiger partial charge in [0, 0.05) is 29.6 Å². The van der Waals surface area contributed by atoms with E-state index < -0.39 is 0 Å². The number of nitrogens with zero attached hydrogens (tertiary/aromatic N) is 3. The summed E-state index contributed by atoms with van der Waals surface area (Å²) in [6.45, 7) is 7.99. The maximum absolute atomic E-state index is 12.3. The Labute approximate surface area is 212 Å². The van der Waals surface area contributed by atoms with Crippen LogP contribution in [0, 0.1) is 6.57 Å². The van der Waals surface area contributed by atoms with Gasteiger partial charge in [0.1, 0.15) is 29.6 Å². The molecule has 0 saturated heterocycles. The van der Waals surface area contributed by atoms with Crippen LogP contribution >= 0.6 is 11.3 Å². The summed E-state index contributed by atoms with van der Waals surface area (Å²) in [5, 5.41) is 3.42. The highest BCUT2D eigenvalue weighted by Crippen LogP contribution is 2.37. The maximum atomic E-state index is 12.3. The summed E-state index contributed by atoms with van der Waals surface area (Å²) >= 11 is 1.49. The molecule has 0 saturated carbocycles. The van der Waals surface area contributed by atoms with Crippen LogP contribution in [0.2, 0.25) is 0 Å². The summed E-state index contributed by atoms with van der Waals surface area (Å²) in [5.41, 5.74) is 3.00. The van der Waals surface area contributed by atoms with E-state index in [4.69, 9.17) is 16.0 Å². The van der Waals surface area contributed by atoms with E-state index in [1.807, 2.05) is 60.0 Å². The minimum Gasteiger partial charge on any atom is -0.500 e. The van der Waals surface area contributed by atoms with Gasteiger partial charge in [0.25, 0.3) is 0 Å². The maximum Gasteiger partial charge on any atom is 0.229 e. The molecule has 0 atom stereocenters. The summed E-state index contributed by atoms with van der Waals surface area (Å²) in [6, 6.07) is 22.6. The van der Waals surface area contributed by atoms with Gasteiger partial charge >= 0.3 is 0 Å². The molecule has 176 valence electrons. The van der Waals surface area contributed by atoms with Gasteiger partial charge in [-0.1, -0.05) is 42.5 Å². The molecule has 3 aromatic carbocycles. The van der Waals surface area contributed by atoms with Gasteiger partial charge < -0.3 is 9.47 Å². The van der Waals surface area contributed by atoms with E-state index in [2.05, 4.69) is 14.8 Å². The van der Waals surface area contributed by atoms with Crippen molar-refractivity contribution in [1.29, 1.82) is 0 Å². The molecule has 0 N–H and O–H groups in total. The van der Waals surface area contributed by atoms with Crippen molar-refractivity contribution in [2.24, 2.45) is 0 Å². The quantitative estimate of drug-likeness (QED) is 0.208. The van der Waals surface area contributed by atoms with E-state index >= 15 is 0 Å². The Morgan fingerprint density at radius 3 is 2.47 bits per heavy atom. The molecule has 0 fully saturated rings. The van der Waals surface area contributed by atoms with Gasteiger partial charge in [0.15, 0.2) is 0 Å². The molecule has 7 heteroatoms. The molecule has 2 aromatic heterocycles. The van der Waals surface area contributed by atoms with E-state index in [1.165, 1.54) is 11.3 Å². The number of rotatable bonds is 9. The van der Waals surface area contributed by atoms with Gasteiger partial charge in [-0.05, 0) is 41.5 Å². The van der Waals surface area contributed by atoms with Crippen molar-refractivity contribution in [3.63, 3.8) is 0 Å². The number of pyridine rings is 1. The monoisotopic (exact) mass is 491 g/mol. The van der Waals surface area contributed by atoms with Gasteiger partial charge in [0.2, 0.25) is 5.69 Å². The SMILES string of the molecule is [C-]#[N+]c1cc2c(Oc3ccc(CC(=O)Cc4nccs4)cc3)ccnc2cc1OCc1ccccc1. The number of ketones is 1. The number of hydrogen-bond acceptors (Lipinski definition) is 6. The van der Waals surface area contributed by atoms with E-state index in [0.29, 0.717) is 47.9 Å². The van der Waals surface area contributed by atoms with Crippen molar-refractivity contribution in [3.8, 4) is 17.2 Å². The van der Waals surface area contributed by atoms with E-state index in [0.717, 1.165) is 21.5 Å². The molecule has 2 heterocycles. The first-order valence-electron chi connectivity index (χ1n) is 11.3. The average Bonchev–Trinajstić information content (AvgIpc) is 3.41.